The maximum Gasteiger partial charge on any atom is 0.139 e. The third kappa shape index (κ3) is 2.65. The molecule has 4 rings (SSSR count). The van der Waals surface area contributed by atoms with Crippen molar-refractivity contribution in [2.75, 3.05) is 0 Å². The van der Waals surface area contributed by atoms with Crippen LogP contribution in [0.2, 0.25) is 0 Å². The number of hydrogen-bond acceptors (Lipinski definition) is 3. The van der Waals surface area contributed by atoms with E-state index in [-0.39, 0.29) is 5.75 Å². The van der Waals surface area contributed by atoms with Gasteiger partial charge in [0.25, 0.3) is 0 Å². The van der Waals surface area contributed by atoms with Gasteiger partial charge in [0.15, 0.2) is 0 Å². The molecule has 0 saturated heterocycles. The van der Waals surface area contributed by atoms with Crippen LogP contribution in [-0.4, -0.2) is 11.3 Å². The fraction of sp³-hybridized carbons (Fsp3) is 0.250. The molecule has 0 saturated carbocycles. The molecular weight excluding hydrogens is 366 g/mol. The lowest BCUT2D eigenvalue weighted by molar-refractivity contribution is 0.471. The summed E-state index contributed by atoms with van der Waals surface area (Å²) in [6.07, 6.45) is 6.03. The Bertz CT molecular complexity index is 956. The van der Waals surface area contributed by atoms with Crippen LogP contribution in [0, 0.1) is 6.92 Å². The summed E-state index contributed by atoms with van der Waals surface area (Å²) in [6, 6.07) is 9.86. The molecule has 2 aromatic carbocycles. The Morgan fingerprint density at radius 2 is 2.04 bits per heavy atom. The van der Waals surface area contributed by atoms with Gasteiger partial charge in [0.2, 0.25) is 0 Å². The predicted octanol–water partition coefficient (Wildman–Crippen LogP) is 5.84. The number of aromatic hydroxyl groups is 1. The Morgan fingerprint density at radius 3 is 2.88 bits per heavy atom. The Balaban J connectivity index is 1.90. The third-order valence-corrected chi connectivity index (χ3v) is 5.16. The molecule has 3 aromatic rings. The molecule has 1 aliphatic rings. The zero-order chi connectivity index (χ0) is 16.7. The number of furan rings is 1. The molecule has 3 nitrogen and oxygen atoms in total. The SMILES string of the molecule is Cc1cccc(N=Cc2c(O)c(Br)cc3oc4c(c23)CCCC4)c1. The molecule has 1 aromatic heterocycles. The van der Waals surface area contributed by atoms with Crippen LogP contribution in [0.4, 0.5) is 5.69 Å². The number of benzene rings is 2. The highest BCUT2D eigenvalue weighted by atomic mass is 79.9. The number of aliphatic imine (C=N–C) groups is 1. The number of hydrogen-bond donors (Lipinski definition) is 1. The smallest absolute Gasteiger partial charge is 0.139 e. The van der Waals surface area contributed by atoms with E-state index in [2.05, 4.69) is 20.9 Å². The third-order valence-electron chi connectivity index (χ3n) is 4.55. The first-order valence-corrected chi connectivity index (χ1v) is 8.99. The van der Waals surface area contributed by atoms with E-state index in [4.69, 9.17) is 4.42 Å². The monoisotopic (exact) mass is 383 g/mol. The summed E-state index contributed by atoms with van der Waals surface area (Å²) in [5, 5.41) is 11.6. The van der Waals surface area contributed by atoms with Gasteiger partial charge < -0.3 is 9.52 Å². The van der Waals surface area contributed by atoms with E-state index in [0.717, 1.165) is 59.2 Å². The van der Waals surface area contributed by atoms with E-state index >= 15 is 0 Å². The second-order valence-corrected chi connectivity index (χ2v) is 7.16. The van der Waals surface area contributed by atoms with Crippen LogP contribution in [0.15, 0.2) is 44.2 Å². The number of halogens is 1. The van der Waals surface area contributed by atoms with Gasteiger partial charge in [0, 0.05) is 29.1 Å². The molecule has 4 heteroatoms. The zero-order valence-electron chi connectivity index (χ0n) is 13.5. The van der Waals surface area contributed by atoms with Gasteiger partial charge in [0.1, 0.15) is 17.1 Å². The van der Waals surface area contributed by atoms with Gasteiger partial charge in [-0.25, -0.2) is 0 Å². The molecule has 0 spiro atoms. The van der Waals surface area contributed by atoms with E-state index < -0.39 is 0 Å². The minimum atomic E-state index is 0.216. The molecule has 1 aliphatic carbocycles. The van der Waals surface area contributed by atoms with E-state index in [0.29, 0.717) is 4.47 Å². The molecule has 0 fully saturated rings. The van der Waals surface area contributed by atoms with E-state index in [9.17, 15) is 5.11 Å². The van der Waals surface area contributed by atoms with Gasteiger partial charge in [-0.2, -0.15) is 0 Å². The van der Waals surface area contributed by atoms with E-state index in [1.807, 2.05) is 37.3 Å². The number of aryl methyl sites for hydroxylation is 3. The summed E-state index contributed by atoms with van der Waals surface area (Å²) in [4.78, 5) is 4.57. The molecule has 0 atom stereocenters. The predicted molar refractivity (Wildman–Crippen MR) is 101 cm³/mol. The number of rotatable bonds is 2. The molecule has 1 heterocycles. The number of phenolic OH excluding ortho intramolecular Hbond substituents is 1. The first-order valence-electron chi connectivity index (χ1n) is 8.20. The van der Waals surface area contributed by atoms with Crippen molar-refractivity contribution in [2.24, 2.45) is 4.99 Å². The molecule has 0 unspecified atom stereocenters. The van der Waals surface area contributed by atoms with Crippen molar-refractivity contribution in [2.45, 2.75) is 32.6 Å². The van der Waals surface area contributed by atoms with Crippen molar-refractivity contribution in [3.8, 4) is 5.75 Å². The number of nitrogens with zero attached hydrogens (tertiary/aromatic N) is 1. The molecule has 0 aliphatic heterocycles. The lowest BCUT2D eigenvalue weighted by Gasteiger charge is -2.10. The van der Waals surface area contributed by atoms with Crippen molar-refractivity contribution in [1.82, 2.24) is 0 Å². The summed E-state index contributed by atoms with van der Waals surface area (Å²) < 4.78 is 6.67. The molecule has 0 bridgehead atoms. The van der Waals surface area contributed by atoms with E-state index in [1.165, 1.54) is 5.56 Å². The van der Waals surface area contributed by atoms with Crippen molar-refractivity contribution in [3.05, 3.63) is 57.3 Å². The van der Waals surface area contributed by atoms with Gasteiger partial charge in [-0.3, -0.25) is 4.99 Å². The molecule has 24 heavy (non-hydrogen) atoms. The summed E-state index contributed by atoms with van der Waals surface area (Å²) in [5.74, 6) is 1.27. The fourth-order valence-corrected chi connectivity index (χ4v) is 3.81. The molecular formula is C20H18BrNO2. The van der Waals surface area contributed by atoms with Crippen LogP contribution in [0.5, 0.6) is 5.75 Å². The van der Waals surface area contributed by atoms with Crippen molar-refractivity contribution < 1.29 is 9.52 Å². The molecule has 1 N–H and O–H groups in total. The number of phenols is 1. The quantitative estimate of drug-likeness (QED) is 0.565. The van der Waals surface area contributed by atoms with Gasteiger partial charge in [-0.15, -0.1) is 0 Å². The average Bonchev–Trinajstić information content (AvgIpc) is 2.93. The minimum Gasteiger partial charge on any atom is -0.506 e. The largest absolute Gasteiger partial charge is 0.506 e. The highest BCUT2D eigenvalue weighted by molar-refractivity contribution is 9.10. The Labute approximate surface area is 149 Å². The average molecular weight is 384 g/mol. The minimum absolute atomic E-state index is 0.216. The molecule has 0 amide bonds. The van der Waals surface area contributed by atoms with Gasteiger partial charge in [-0.1, -0.05) is 12.1 Å². The van der Waals surface area contributed by atoms with Crippen LogP contribution in [0.25, 0.3) is 11.0 Å². The van der Waals surface area contributed by atoms with Crippen LogP contribution in [0.3, 0.4) is 0 Å². The topological polar surface area (TPSA) is 45.7 Å². The van der Waals surface area contributed by atoms with Crippen molar-refractivity contribution in [1.29, 1.82) is 0 Å². The van der Waals surface area contributed by atoms with E-state index in [1.54, 1.807) is 6.21 Å². The van der Waals surface area contributed by atoms with Crippen LogP contribution in [-0.2, 0) is 12.8 Å². The van der Waals surface area contributed by atoms with Crippen LogP contribution < -0.4 is 0 Å². The Morgan fingerprint density at radius 1 is 1.21 bits per heavy atom. The number of fused-ring (bicyclic) bond motifs is 3. The van der Waals surface area contributed by atoms with Crippen molar-refractivity contribution in [3.63, 3.8) is 0 Å². The fourth-order valence-electron chi connectivity index (χ4n) is 3.39. The summed E-state index contributed by atoms with van der Waals surface area (Å²) in [7, 11) is 0. The van der Waals surface area contributed by atoms with Crippen LogP contribution in [0.1, 0.15) is 35.3 Å². The standard InChI is InChI=1S/C20H18BrNO2/c1-12-5-4-6-13(9-12)22-11-15-19-14-7-2-3-8-17(14)24-18(19)10-16(21)20(15)23/h4-6,9-11,23H,2-3,7-8H2,1H3. The summed E-state index contributed by atoms with van der Waals surface area (Å²) in [5.41, 5.74) is 4.81. The van der Waals surface area contributed by atoms with Gasteiger partial charge in [-0.05, 0) is 65.9 Å². The maximum atomic E-state index is 10.6. The Kier molecular flexibility index (Phi) is 3.93. The van der Waals surface area contributed by atoms with Crippen molar-refractivity contribution >= 4 is 38.8 Å². The van der Waals surface area contributed by atoms with Crippen LogP contribution >= 0.6 is 15.9 Å². The second-order valence-electron chi connectivity index (χ2n) is 6.30. The molecule has 122 valence electrons. The molecule has 0 radical (unpaired) electrons. The van der Waals surface area contributed by atoms with Gasteiger partial charge >= 0.3 is 0 Å². The first-order chi connectivity index (χ1) is 11.6. The maximum absolute atomic E-state index is 10.6. The summed E-state index contributed by atoms with van der Waals surface area (Å²) in [6.45, 7) is 2.04. The van der Waals surface area contributed by atoms with Gasteiger partial charge in [0.05, 0.1) is 10.2 Å². The zero-order valence-corrected chi connectivity index (χ0v) is 15.1. The second kappa shape index (κ2) is 6.10. The highest BCUT2D eigenvalue weighted by Crippen LogP contribution is 2.40. The Hall–Kier alpha value is -2.07. The normalized spacial score (nSPS) is 14.4. The summed E-state index contributed by atoms with van der Waals surface area (Å²) >= 11 is 3.43. The first kappa shape index (κ1) is 15.5. The lowest BCUT2D eigenvalue weighted by Crippen LogP contribution is -1.99. The lowest BCUT2D eigenvalue weighted by atomic mass is 9.94. The highest BCUT2D eigenvalue weighted by Gasteiger charge is 2.22.